The molecule has 2 aliphatic heterocycles. The Hall–Kier alpha value is -2.00. The quantitative estimate of drug-likeness (QED) is 0.181. The zero-order valence-corrected chi connectivity index (χ0v) is 23.1. The number of aliphatic hydroxyl groups excluding tert-OH is 2. The van der Waals surface area contributed by atoms with Gasteiger partial charge in [0.25, 0.3) is 0 Å². The number of rotatable bonds is 9. The highest BCUT2D eigenvalue weighted by Crippen LogP contribution is 2.33. The average molecular weight is 523 g/mol. The molecule has 2 rings (SSSR count). The van der Waals surface area contributed by atoms with Crippen LogP contribution in [0.5, 0.6) is 0 Å². The fourth-order valence-corrected chi connectivity index (χ4v) is 4.60. The van der Waals surface area contributed by atoms with Crippen LogP contribution in [0.15, 0.2) is 36.0 Å². The van der Waals surface area contributed by atoms with E-state index in [0.717, 1.165) is 18.4 Å². The molecule has 0 aromatic carbocycles. The Morgan fingerprint density at radius 1 is 1.27 bits per heavy atom. The summed E-state index contributed by atoms with van der Waals surface area (Å²) in [4.78, 5) is 24.2. The van der Waals surface area contributed by atoms with Gasteiger partial charge in [-0.1, -0.05) is 45.1 Å². The van der Waals surface area contributed by atoms with Crippen LogP contribution < -0.4 is 0 Å². The number of epoxide rings is 1. The first-order chi connectivity index (χ1) is 17.3. The Balaban J connectivity index is 2.11. The van der Waals surface area contributed by atoms with E-state index >= 15 is 0 Å². The van der Waals surface area contributed by atoms with E-state index in [2.05, 4.69) is 13.0 Å². The molecule has 3 N–H and O–H groups in total. The fraction of sp³-hybridized carbons (Fsp3) is 0.724. The van der Waals surface area contributed by atoms with Crippen LogP contribution in [0.25, 0.3) is 0 Å². The van der Waals surface area contributed by atoms with E-state index in [1.807, 2.05) is 32.9 Å². The maximum absolute atomic E-state index is 12.6. The van der Waals surface area contributed by atoms with Crippen molar-refractivity contribution in [2.45, 2.75) is 122 Å². The number of ether oxygens (including phenoxy) is 3. The minimum Gasteiger partial charge on any atom is -0.457 e. The normalized spacial score (nSPS) is 36.1. The first-order valence-electron chi connectivity index (χ1n) is 13.5. The van der Waals surface area contributed by atoms with E-state index in [0.29, 0.717) is 6.42 Å². The lowest BCUT2D eigenvalue weighted by molar-refractivity contribution is -0.157. The third kappa shape index (κ3) is 10.7. The van der Waals surface area contributed by atoms with Crippen molar-refractivity contribution in [3.8, 4) is 0 Å². The van der Waals surface area contributed by atoms with Crippen LogP contribution in [-0.4, -0.2) is 69.5 Å². The van der Waals surface area contributed by atoms with E-state index in [-0.39, 0.29) is 49.4 Å². The Morgan fingerprint density at radius 3 is 2.59 bits per heavy atom. The van der Waals surface area contributed by atoms with Gasteiger partial charge in [-0.15, -0.1) is 0 Å². The summed E-state index contributed by atoms with van der Waals surface area (Å²) >= 11 is 0. The molecule has 2 aliphatic rings. The van der Waals surface area contributed by atoms with Crippen LogP contribution >= 0.6 is 0 Å². The number of carbonyl (C=O) groups is 2. The molecule has 2 heterocycles. The summed E-state index contributed by atoms with van der Waals surface area (Å²) in [6, 6.07) is 0. The Kier molecular flexibility index (Phi) is 12.0. The molecule has 0 saturated carbocycles. The maximum Gasteiger partial charge on any atom is 0.309 e. The van der Waals surface area contributed by atoms with Crippen molar-refractivity contribution in [3.05, 3.63) is 36.0 Å². The number of carbonyl (C=O) groups excluding carboxylic acids is 2. The molecule has 0 radical (unpaired) electrons. The van der Waals surface area contributed by atoms with Crippen LogP contribution in [0.2, 0.25) is 0 Å². The van der Waals surface area contributed by atoms with E-state index in [9.17, 15) is 24.9 Å². The third-order valence-electron chi connectivity index (χ3n) is 7.13. The van der Waals surface area contributed by atoms with Gasteiger partial charge in [0.05, 0.1) is 30.8 Å². The van der Waals surface area contributed by atoms with Gasteiger partial charge in [-0.3, -0.25) is 9.59 Å². The minimum absolute atomic E-state index is 0.137. The molecule has 0 amide bonds. The summed E-state index contributed by atoms with van der Waals surface area (Å²) in [6.45, 7) is 10.7. The predicted octanol–water partition coefficient (Wildman–Crippen LogP) is 3.78. The zero-order chi connectivity index (χ0) is 27.8. The van der Waals surface area contributed by atoms with Crippen LogP contribution in [-0.2, 0) is 23.8 Å². The zero-order valence-electron chi connectivity index (χ0n) is 23.1. The van der Waals surface area contributed by atoms with Gasteiger partial charge in [-0.25, -0.2) is 0 Å². The number of esters is 2. The molecular formula is C29H46O8. The first-order valence-corrected chi connectivity index (χ1v) is 13.5. The number of allylic oxidation sites excluding steroid dienone is 3. The lowest BCUT2D eigenvalue weighted by atomic mass is 9.88. The van der Waals surface area contributed by atoms with Crippen molar-refractivity contribution in [3.63, 3.8) is 0 Å². The summed E-state index contributed by atoms with van der Waals surface area (Å²) in [6.07, 6.45) is 9.29. The number of hydrogen-bond donors (Lipinski definition) is 3. The van der Waals surface area contributed by atoms with E-state index in [4.69, 9.17) is 14.2 Å². The Morgan fingerprint density at radius 2 is 1.95 bits per heavy atom. The van der Waals surface area contributed by atoms with E-state index < -0.39 is 35.9 Å². The maximum atomic E-state index is 12.6. The van der Waals surface area contributed by atoms with Gasteiger partial charge in [0.1, 0.15) is 17.8 Å². The summed E-state index contributed by atoms with van der Waals surface area (Å²) in [5, 5.41) is 31.0. The van der Waals surface area contributed by atoms with Gasteiger partial charge in [0, 0.05) is 19.3 Å². The number of aliphatic hydroxyl groups is 3. The highest BCUT2D eigenvalue weighted by Gasteiger charge is 2.40. The van der Waals surface area contributed by atoms with Crippen molar-refractivity contribution in [2.24, 2.45) is 11.8 Å². The molecular weight excluding hydrogens is 476 g/mol. The smallest absolute Gasteiger partial charge is 0.309 e. The second-order valence-corrected chi connectivity index (χ2v) is 11.0. The minimum atomic E-state index is -1.40. The first kappa shape index (κ1) is 31.2. The molecule has 0 aliphatic carbocycles. The fourth-order valence-electron chi connectivity index (χ4n) is 4.60. The molecule has 1 fully saturated rings. The summed E-state index contributed by atoms with van der Waals surface area (Å²) in [7, 11) is 0. The second kappa shape index (κ2) is 14.2. The van der Waals surface area contributed by atoms with E-state index in [1.165, 1.54) is 6.92 Å². The molecule has 8 heteroatoms. The second-order valence-electron chi connectivity index (χ2n) is 11.0. The van der Waals surface area contributed by atoms with Gasteiger partial charge < -0.3 is 29.5 Å². The standard InChI is InChI=1S/C29H46O8/c1-7-22(31)16-25-24(36-25)15-18(2)9-8-10-19(3)28-20(4)11-12-26(35-21(5)30)29(6,34)14-13-23(32)17-27(33)37-28/h8-12,18,20,22-26,28,31-32,34H,7,13-17H2,1-6H3/b9-8+,12-11+,19-10+. The lowest BCUT2D eigenvalue weighted by Crippen LogP contribution is -2.42. The van der Waals surface area contributed by atoms with Gasteiger partial charge in [0.15, 0.2) is 0 Å². The molecule has 0 bridgehead atoms. The predicted molar refractivity (Wildman–Crippen MR) is 140 cm³/mol. The monoisotopic (exact) mass is 522 g/mol. The largest absolute Gasteiger partial charge is 0.457 e. The summed E-state index contributed by atoms with van der Waals surface area (Å²) in [5.41, 5.74) is -0.577. The van der Waals surface area contributed by atoms with Crippen molar-refractivity contribution < 1.29 is 39.1 Å². The van der Waals surface area contributed by atoms with Gasteiger partial charge in [-0.2, -0.15) is 0 Å². The Bertz CT molecular complexity index is 845. The highest BCUT2D eigenvalue weighted by atomic mass is 16.6. The van der Waals surface area contributed by atoms with Crippen LogP contribution in [0.1, 0.15) is 80.1 Å². The molecule has 37 heavy (non-hydrogen) atoms. The van der Waals surface area contributed by atoms with Crippen molar-refractivity contribution in [2.75, 3.05) is 0 Å². The Labute approximate surface area is 221 Å². The lowest BCUT2D eigenvalue weighted by Gasteiger charge is -2.32. The average Bonchev–Trinajstić information content (AvgIpc) is 3.53. The molecule has 9 unspecified atom stereocenters. The summed E-state index contributed by atoms with van der Waals surface area (Å²) in [5.74, 6) is -1.03. The molecule has 9 atom stereocenters. The number of cyclic esters (lactones) is 1. The molecule has 210 valence electrons. The van der Waals surface area contributed by atoms with Gasteiger partial charge >= 0.3 is 11.9 Å². The van der Waals surface area contributed by atoms with Crippen molar-refractivity contribution in [1.29, 1.82) is 0 Å². The summed E-state index contributed by atoms with van der Waals surface area (Å²) < 4.78 is 16.8. The molecule has 0 spiro atoms. The molecule has 1 saturated heterocycles. The van der Waals surface area contributed by atoms with Crippen molar-refractivity contribution in [1.82, 2.24) is 0 Å². The van der Waals surface area contributed by atoms with Crippen LogP contribution in [0.3, 0.4) is 0 Å². The van der Waals surface area contributed by atoms with Crippen LogP contribution in [0.4, 0.5) is 0 Å². The van der Waals surface area contributed by atoms with Crippen molar-refractivity contribution >= 4 is 11.9 Å². The molecule has 8 nitrogen and oxygen atoms in total. The topological polar surface area (TPSA) is 126 Å². The van der Waals surface area contributed by atoms with Crippen LogP contribution in [0, 0.1) is 11.8 Å². The van der Waals surface area contributed by atoms with E-state index in [1.54, 1.807) is 19.1 Å². The SMILES string of the molecule is CCC(O)CC1OC1CC(C)/C=C/C=C(\C)C1OC(=O)CC(O)CCC(C)(O)C(OC(C)=O)/C=C/C1C. The third-order valence-corrected chi connectivity index (χ3v) is 7.13. The molecule has 0 aromatic heterocycles. The highest BCUT2D eigenvalue weighted by molar-refractivity contribution is 5.70. The molecule has 0 aromatic rings. The number of hydrogen-bond acceptors (Lipinski definition) is 8. The van der Waals surface area contributed by atoms with Gasteiger partial charge in [0.2, 0.25) is 0 Å². The van der Waals surface area contributed by atoms with Gasteiger partial charge in [-0.05, 0) is 57.1 Å².